The Morgan fingerprint density at radius 2 is 1.81 bits per heavy atom. The first-order valence-electron chi connectivity index (χ1n) is 4.32. The molecule has 88 valence electrons. The van der Waals surface area contributed by atoms with Crippen LogP contribution in [0, 0.1) is 0 Å². The van der Waals surface area contributed by atoms with Crippen LogP contribution in [-0.4, -0.2) is 19.4 Å². The van der Waals surface area contributed by atoms with E-state index in [1.165, 1.54) is 19.2 Å². The van der Waals surface area contributed by atoms with Gasteiger partial charge < -0.3 is 9.47 Å². The van der Waals surface area contributed by atoms with Gasteiger partial charge in [0.1, 0.15) is 5.75 Å². The molecule has 16 heavy (non-hydrogen) atoms. The van der Waals surface area contributed by atoms with Crippen LogP contribution in [0.2, 0.25) is 0 Å². The summed E-state index contributed by atoms with van der Waals surface area (Å²) >= 11 is 0. The van der Waals surface area contributed by atoms with Gasteiger partial charge >= 0.3 is 12.3 Å². The van der Waals surface area contributed by atoms with Crippen LogP contribution in [0.15, 0.2) is 24.3 Å². The highest BCUT2D eigenvalue weighted by Gasteiger charge is 2.30. The number of hydrogen-bond donors (Lipinski definition) is 0. The maximum atomic E-state index is 11.8. The van der Waals surface area contributed by atoms with Gasteiger partial charge in [-0.05, 0) is 17.7 Å². The van der Waals surface area contributed by atoms with Crippen LogP contribution >= 0.6 is 0 Å². The van der Waals surface area contributed by atoms with E-state index in [-0.39, 0.29) is 12.2 Å². The molecule has 1 aromatic carbocycles. The summed E-state index contributed by atoms with van der Waals surface area (Å²) in [6.45, 7) is 0. The molecule has 0 aliphatic heterocycles. The molecule has 6 heteroatoms. The lowest BCUT2D eigenvalue weighted by atomic mass is 10.1. The Labute approximate surface area is 89.8 Å². The van der Waals surface area contributed by atoms with E-state index >= 15 is 0 Å². The number of esters is 1. The summed E-state index contributed by atoms with van der Waals surface area (Å²) in [5.74, 6) is -0.773. The van der Waals surface area contributed by atoms with E-state index in [4.69, 9.17) is 0 Å². The zero-order valence-electron chi connectivity index (χ0n) is 8.38. The molecule has 0 saturated carbocycles. The second kappa shape index (κ2) is 4.87. The molecule has 0 heterocycles. The lowest BCUT2D eigenvalue weighted by molar-refractivity contribution is -0.274. The Morgan fingerprint density at radius 1 is 1.25 bits per heavy atom. The lowest BCUT2D eigenvalue weighted by Crippen LogP contribution is -2.17. The number of ether oxygens (including phenoxy) is 2. The van der Waals surface area contributed by atoms with Crippen molar-refractivity contribution in [3.05, 3.63) is 29.8 Å². The summed E-state index contributed by atoms with van der Waals surface area (Å²) in [5, 5.41) is 0. The van der Waals surface area contributed by atoms with Gasteiger partial charge in [-0.1, -0.05) is 12.1 Å². The van der Waals surface area contributed by atoms with E-state index in [0.717, 1.165) is 12.1 Å². The minimum Gasteiger partial charge on any atom is -0.469 e. The standard InChI is InChI=1S/C10H9F3O3/c1-15-9(14)6-7-2-4-8(5-3-7)16-10(11,12)13/h2-5H,6H2,1H3. The van der Waals surface area contributed by atoms with E-state index < -0.39 is 12.3 Å². The Morgan fingerprint density at radius 3 is 2.25 bits per heavy atom. The zero-order valence-corrected chi connectivity index (χ0v) is 8.38. The lowest BCUT2D eigenvalue weighted by Gasteiger charge is -2.08. The number of halogens is 3. The number of benzene rings is 1. The number of hydrogen-bond acceptors (Lipinski definition) is 3. The van der Waals surface area contributed by atoms with Gasteiger partial charge in [0, 0.05) is 0 Å². The maximum absolute atomic E-state index is 11.8. The van der Waals surface area contributed by atoms with Crippen LogP contribution in [0.1, 0.15) is 5.56 Å². The van der Waals surface area contributed by atoms with E-state index in [1.54, 1.807) is 0 Å². The molecule has 0 aromatic heterocycles. The number of carbonyl (C=O) groups excluding carboxylic acids is 1. The van der Waals surface area contributed by atoms with Gasteiger partial charge in [-0.25, -0.2) is 0 Å². The van der Waals surface area contributed by atoms with Gasteiger partial charge in [-0.15, -0.1) is 13.2 Å². The van der Waals surface area contributed by atoms with Crippen molar-refractivity contribution < 1.29 is 27.4 Å². The SMILES string of the molecule is COC(=O)Cc1ccc(OC(F)(F)F)cc1. The molecule has 0 radical (unpaired) electrons. The summed E-state index contributed by atoms with van der Waals surface area (Å²) in [5.41, 5.74) is 0.557. The molecule has 3 nitrogen and oxygen atoms in total. The largest absolute Gasteiger partial charge is 0.573 e. The van der Waals surface area contributed by atoms with Crippen molar-refractivity contribution in [3.63, 3.8) is 0 Å². The average molecular weight is 234 g/mol. The van der Waals surface area contributed by atoms with E-state index in [1.807, 2.05) is 0 Å². The van der Waals surface area contributed by atoms with E-state index in [2.05, 4.69) is 9.47 Å². The molecule has 0 aliphatic rings. The third kappa shape index (κ3) is 4.20. The van der Waals surface area contributed by atoms with Crippen molar-refractivity contribution in [2.75, 3.05) is 7.11 Å². The van der Waals surface area contributed by atoms with Crippen molar-refractivity contribution in [3.8, 4) is 5.75 Å². The summed E-state index contributed by atoms with van der Waals surface area (Å²) in [6.07, 6.45) is -4.69. The van der Waals surface area contributed by atoms with Gasteiger partial charge in [-0.3, -0.25) is 4.79 Å². The third-order valence-electron chi connectivity index (χ3n) is 1.73. The van der Waals surface area contributed by atoms with Crippen LogP contribution < -0.4 is 4.74 Å². The second-order valence-electron chi connectivity index (χ2n) is 2.94. The van der Waals surface area contributed by atoms with E-state index in [9.17, 15) is 18.0 Å². The topological polar surface area (TPSA) is 35.5 Å². The fourth-order valence-corrected chi connectivity index (χ4v) is 1.05. The minimum atomic E-state index is -4.70. The van der Waals surface area contributed by atoms with Crippen molar-refractivity contribution >= 4 is 5.97 Å². The number of rotatable bonds is 3. The smallest absolute Gasteiger partial charge is 0.469 e. The van der Waals surface area contributed by atoms with Crippen LogP contribution in [0.3, 0.4) is 0 Å². The fourth-order valence-electron chi connectivity index (χ4n) is 1.05. The summed E-state index contributed by atoms with van der Waals surface area (Å²) in [6, 6.07) is 5.04. The van der Waals surface area contributed by atoms with Crippen molar-refractivity contribution in [2.24, 2.45) is 0 Å². The molecule has 0 amide bonds. The van der Waals surface area contributed by atoms with Gasteiger partial charge in [0.2, 0.25) is 0 Å². The van der Waals surface area contributed by atoms with Gasteiger partial charge in [0.15, 0.2) is 0 Å². The molecular formula is C10H9F3O3. The Bertz CT molecular complexity index is 357. The maximum Gasteiger partial charge on any atom is 0.573 e. The van der Waals surface area contributed by atoms with Gasteiger partial charge in [-0.2, -0.15) is 0 Å². The average Bonchev–Trinajstić information content (AvgIpc) is 2.18. The Kier molecular flexibility index (Phi) is 3.76. The highest BCUT2D eigenvalue weighted by Crippen LogP contribution is 2.22. The predicted molar refractivity (Wildman–Crippen MR) is 48.8 cm³/mol. The third-order valence-corrected chi connectivity index (χ3v) is 1.73. The zero-order chi connectivity index (χ0) is 12.2. The van der Waals surface area contributed by atoms with Gasteiger partial charge in [0.05, 0.1) is 13.5 Å². The highest BCUT2D eigenvalue weighted by molar-refractivity contribution is 5.72. The molecule has 1 rings (SSSR count). The first-order chi connectivity index (χ1) is 7.40. The predicted octanol–water partition coefficient (Wildman–Crippen LogP) is 2.30. The van der Waals surface area contributed by atoms with Crippen molar-refractivity contribution in [1.82, 2.24) is 0 Å². The molecule has 0 bridgehead atoms. The monoisotopic (exact) mass is 234 g/mol. The molecule has 0 spiro atoms. The quantitative estimate of drug-likeness (QED) is 0.753. The Hall–Kier alpha value is -1.72. The molecule has 0 fully saturated rings. The van der Waals surface area contributed by atoms with Crippen molar-refractivity contribution in [1.29, 1.82) is 0 Å². The summed E-state index contributed by atoms with van der Waals surface area (Å²) < 4.78 is 43.5. The fraction of sp³-hybridized carbons (Fsp3) is 0.300. The minimum absolute atomic E-state index is 0.0167. The summed E-state index contributed by atoms with van der Waals surface area (Å²) in [7, 11) is 1.24. The van der Waals surface area contributed by atoms with Crippen LogP contribution in [0.5, 0.6) is 5.75 Å². The normalized spacial score (nSPS) is 11.0. The summed E-state index contributed by atoms with van der Waals surface area (Å²) in [4.78, 5) is 10.9. The molecule has 0 N–H and O–H groups in total. The molecule has 0 saturated heterocycles. The molecular weight excluding hydrogens is 225 g/mol. The van der Waals surface area contributed by atoms with Crippen LogP contribution in [0.25, 0.3) is 0 Å². The first kappa shape index (κ1) is 12.4. The highest BCUT2D eigenvalue weighted by atomic mass is 19.4. The van der Waals surface area contributed by atoms with Crippen LogP contribution in [0.4, 0.5) is 13.2 Å². The molecule has 0 aliphatic carbocycles. The van der Waals surface area contributed by atoms with Crippen molar-refractivity contribution in [2.45, 2.75) is 12.8 Å². The number of alkyl halides is 3. The second-order valence-corrected chi connectivity index (χ2v) is 2.94. The van der Waals surface area contributed by atoms with Crippen LogP contribution in [-0.2, 0) is 16.0 Å². The first-order valence-corrected chi connectivity index (χ1v) is 4.32. The molecule has 1 aromatic rings. The number of carbonyl (C=O) groups is 1. The van der Waals surface area contributed by atoms with Gasteiger partial charge in [0.25, 0.3) is 0 Å². The molecule has 0 atom stereocenters. The Balaban J connectivity index is 2.64. The molecule has 0 unspecified atom stereocenters. The van der Waals surface area contributed by atoms with E-state index in [0.29, 0.717) is 5.56 Å². The number of methoxy groups -OCH3 is 1.